The van der Waals surface area contributed by atoms with Crippen LogP contribution in [0.25, 0.3) is 0 Å². The number of sulfonamides is 2. The highest BCUT2D eigenvalue weighted by molar-refractivity contribution is 7.90. The average Bonchev–Trinajstić information content (AvgIpc) is 2.52. The Labute approximate surface area is 151 Å². The molecule has 0 atom stereocenters. The number of nitrogens with one attached hydrogen (secondary N) is 2. The van der Waals surface area contributed by atoms with Gasteiger partial charge in [0, 0.05) is 26.2 Å². The molecule has 0 aliphatic rings. The number of hydrogen-bond acceptors (Lipinski definition) is 5. The van der Waals surface area contributed by atoms with Crippen LogP contribution in [-0.4, -0.2) is 53.9 Å². The molecule has 0 aromatic heterocycles. The Morgan fingerprint density at radius 1 is 0.958 bits per heavy atom. The molecule has 0 aliphatic carbocycles. The van der Waals surface area contributed by atoms with Crippen molar-refractivity contribution in [1.29, 1.82) is 0 Å². The maximum absolute atomic E-state index is 12.5. The largest absolute Gasteiger partial charge is 0.316 e. The summed E-state index contributed by atoms with van der Waals surface area (Å²) in [5.74, 6) is 0. The third-order valence-corrected chi connectivity index (χ3v) is 6.81. The normalized spacial score (nSPS) is 12.2. The van der Waals surface area contributed by atoms with Gasteiger partial charge in [-0.15, -0.1) is 12.4 Å². The third-order valence-electron chi connectivity index (χ3n) is 3.30. The highest BCUT2D eigenvalue weighted by Crippen LogP contribution is 2.19. The van der Waals surface area contributed by atoms with Crippen LogP contribution < -0.4 is 10.0 Å². The second-order valence-corrected chi connectivity index (χ2v) is 8.52. The molecular formula is C14H26ClN3O4S2. The second-order valence-electron chi connectivity index (χ2n) is 4.82. The molecule has 0 saturated heterocycles. The summed E-state index contributed by atoms with van der Waals surface area (Å²) in [4.78, 5) is -0.0713. The molecule has 0 aliphatic heterocycles. The van der Waals surface area contributed by atoms with Gasteiger partial charge in [-0.25, -0.2) is 21.6 Å². The average molecular weight is 400 g/mol. The first kappa shape index (κ1) is 23.3. The van der Waals surface area contributed by atoms with Crippen LogP contribution >= 0.6 is 12.4 Å². The van der Waals surface area contributed by atoms with E-state index in [9.17, 15) is 16.8 Å². The number of hydrogen-bond donors (Lipinski definition) is 2. The van der Waals surface area contributed by atoms with E-state index in [0.29, 0.717) is 19.6 Å². The summed E-state index contributed by atoms with van der Waals surface area (Å²) in [6.07, 6.45) is 0. The SMILES string of the molecule is CCNCCNS(=O)(=O)c1cccc(S(=O)(=O)N(CC)CC)c1.Cl. The summed E-state index contributed by atoms with van der Waals surface area (Å²) in [5.41, 5.74) is 0. The Morgan fingerprint density at radius 3 is 2.08 bits per heavy atom. The zero-order valence-electron chi connectivity index (χ0n) is 14.1. The van der Waals surface area contributed by atoms with Gasteiger partial charge in [-0.2, -0.15) is 4.31 Å². The van der Waals surface area contributed by atoms with E-state index in [1.54, 1.807) is 13.8 Å². The molecule has 0 radical (unpaired) electrons. The Kier molecular flexibility index (Phi) is 10.0. The van der Waals surface area contributed by atoms with Crippen LogP contribution in [0.2, 0.25) is 0 Å². The van der Waals surface area contributed by atoms with Gasteiger partial charge in [-0.05, 0) is 24.7 Å². The monoisotopic (exact) mass is 399 g/mol. The lowest BCUT2D eigenvalue weighted by molar-refractivity contribution is 0.445. The summed E-state index contributed by atoms with van der Waals surface area (Å²) in [6.45, 7) is 7.56. The summed E-state index contributed by atoms with van der Waals surface area (Å²) < 4.78 is 53.2. The predicted octanol–water partition coefficient (Wildman–Crippen LogP) is 1.03. The van der Waals surface area contributed by atoms with E-state index in [0.717, 1.165) is 6.54 Å². The first-order valence-corrected chi connectivity index (χ1v) is 10.5. The van der Waals surface area contributed by atoms with Crippen molar-refractivity contribution in [3.05, 3.63) is 24.3 Å². The topological polar surface area (TPSA) is 95.6 Å². The van der Waals surface area contributed by atoms with Crippen LogP contribution in [0.15, 0.2) is 34.1 Å². The number of halogens is 1. The fourth-order valence-corrected chi connectivity index (χ4v) is 4.70. The van der Waals surface area contributed by atoms with Crippen LogP contribution in [0, 0.1) is 0 Å². The quantitative estimate of drug-likeness (QED) is 0.573. The maximum atomic E-state index is 12.5. The fraction of sp³-hybridized carbons (Fsp3) is 0.571. The van der Waals surface area contributed by atoms with Crippen molar-refractivity contribution < 1.29 is 16.8 Å². The molecule has 1 aromatic rings. The fourth-order valence-electron chi connectivity index (χ4n) is 2.05. The minimum absolute atomic E-state index is 0. The van der Waals surface area contributed by atoms with Crippen molar-refractivity contribution in [3.63, 3.8) is 0 Å². The van der Waals surface area contributed by atoms with Crippen molar-refractivity contribution in [2.45, 2.75) is 30.6 Å². The van der Waals surface area contributed by atoms with E-state index in [4.69, 9.17) is 0 Å². The van der Waals surface area contributed by atoms with Crippen LogP contribution in [0.1, 0.15) is 20.8 Å². The van der Waals surface area contributed by atoms with Gasteiger partial charge >= 0.3 is 0 Å². The third kappa shape index (κ3) is 5.98. The second kappa shape index (κ2) is 10.3. The lowest BCUT2D eigenvalue weighted by Gasteiger charge is -2.18. The lowest BCUT2D eigenvalue weighted by atomic mass is 10.4. The van der Waals surface area contributed by atoms with Crippen LogP contribution in [0.4, 0.5) is 0 Å². The number of benzene rings is 1. The van der Waals surface area contributed by atoms with Crippen molar-refractivity contribution in [2.75, 3.05) is 32.7 Å². The molecule has 24 heavy (non-hydrogen) atoms. The van der Waals surface area contributed by atoms with Crippen molar-refractivity contribution >= 4 is 32.5 Å². The van der Waals surface area contributed by atoms with E-state index in [1.165, 1.54) is 28.6 Å². The zero-order chi connectivity index (χ0) is 17.5. The first-order chi connectivity index (χ1) is 10.8. The Bertz CT molecular complexity index is 704. The van der Waals surface area contributed by atoms with Crippen LogP contribution in [0.5, 0.6) is 0 Å². The van der Waals surface area contributed by atoms with Gasteiger partial charge < -0.3 is 5.32 Å². The van der Waals surface area contributed by atoms with Gasteiger partial charge in [-0.3, -0.25) is 0 Å². The van der Waals surface area contributed by atoms with Crippen molar-refractivity contribution in [3.8, 4) is 0 Å². The Hall–Kier alpha value is -0.710. The molecule has 0 bridgehead atoms. The highest BCUT2D eigenvalue weighted by atomic mass is 35.5. The van der Waals surface area contributed by atoms with Gasteiger partial charge in [0.15, 0.2) is 0 Å². The molecule has 0 unspecified atom stereocenters. The lowest BCUT2D eigenvalue weighted by Crippen LogP contribution is -2.32. The van der Waals surface area contributed by atoms with E-state index < -0.39 is 20.0 Å². The molecule has 7 nitrogen and oxygen atoms in total. The molecule has 10 heteroatoms. The van der Waals surface area contributed by atoms with Gasteiger partial charge in [0.25, 0.3) is 0 Å². The summed E-state index contributed by atoms with van der Waals surface area (Å²) in [7, 11) is -7.42. The maximum Gasteiger partial charge on any atom is 0.243 e. The van der Waals surface area contributed by atoms with Crippen LogP contribution in [-0.2, 0) is 20.0 Å². The minimum atomic E-state index is -3.74. The Morgan fingerprint density at radius 2 is 1.54 bits per heavy atom. The Balaban J connectivity index is 0.00000529. The summed E-state index contributed by atoms with van der Waals surface area (Å²) in [6, 6.07) is 5.43. The molecule has 0 spiro atoms. The van der Waals surface area contributed by atoms with E-state index in [1.807, 2.05) is 6.92 Å². The number of rotatable bonds is 10. The van der Waals surface area contributed by atoms with Gasteiger partial charge in [0.1, 0.15) is 0 Å². The van der Waals surface area contributed by atoms with Crippen LogP contribution in [0.3, 0.4) is 0 Å². The van der Waals surface area contributed by atoms with Crippen molar-refractivity contribution in [1.82, 2.24) is 14.3 Å². The molecular weight excluding hydrogens is 374 g/mol. The number of likely N-dealkylation sites (N-methyl/N-ethyl adjacent to an activating group) is 1. The molecule has 0 fully saturated rings. The predicted molar refractivity (Wildman–Crippen MR) is 97.5 cm³/mol. The van der Waals surface area contributed by atoms with Crippen molar-refractivity contribution in [2.24, 2.45) is 0 Å². The molecule has 2 N–H and O–H groups in total. The van der Waals surface area contributed by atoms with E-state index in [-0.39, 0.29) is 28.7 Å². The van der Waals surface area contributed by atoms with E-state index >= 15 is 0 Å². The molecule has 1 rings (SSSR count). The summed E-state index contributed by atoms with van der Waals surface area (Å²) >= 11 is 0. The highest BCUT2D eigenvalue weighted by Gasteiger charge is 2.23. The van der Waals surface area contributed by atoms with Gasteiger partial charge in [-0.1, -0.05) is 26.8 Å². The number of nitrogens with zero attached hydrogens (tertiary/aromatic N) is 1. The molecule has 1 aromatic carbocycles. The summed E-state index contributed by atoms with van der Waals surface area (Å²) in [5, 5.41) is 3.01. The standard InChI is InChI=1S/C14H25N3O4S2.ClH/c1-4-15-10-11-16-22(18,19)13-8-7-9-14(12-13)23(20,21)17(5-2)6-3;/h7-9,12,15-16H,4-6,10-11H2,1-3H3;1H. The minimum Gasteiger partial charge on any atom is -0.316 e. The van der Waals surface area contributed by atoms with Gasteiger partial charge in [0.05, 0.1) is 9.79 Å². The smallest absolute Gasteiger partial charge is 0.243 e. The molecule has 0 saturated carbocycles. The molecule has 0 heterocycles. The zero-order valence-corrected chi connectivity index (χ0v) is 16.6. The first-order valence-electron chi connectivity index (χ1n) is 7.60. The van der Waals surface area contributed by atoms with E-state index in [2.05, 4.69) is 10.0 Å². The molecule has 140 valence electrons. The van der Waals surface area contributed by atoms with Gasteiger partial charge in [0.2, 0.25) is 20.0 Å². The molecule has 0 amide bonds.